The van der Waals surface area contributed by atoms with Crippen molar-refractivity contribution in [2.75, 3.05) is 17.6 Å². The van der Waals surface area contributed by atoms with Gasteiger partial charge in [-0.05, 0) is 18.6 Å². The van der Waals surface area contributed by atoms with Gasteiger partial charge in [0.2, 0.25) is 0 Å². The van der Waals surface area contributed by atoms with Gasteiger partial charge in [0.1, 0.15) is 29.0 Å². The molecular weight excluding hydrogens is 281 g/mol. The van der Waals surface area contributed by atoms with Crippen LogP contribution in [0.1, 0.15) is 18.9 Å². The molecule has 2 aromatic rings. The Kier molecular flexibility index (Phi) is 4.11. The first-order chi connectivity index (χ1) is 9.60. The fraction of sp³-hybridized carbons (Fsp3) is 0.231. The van der Waals surface area contributed by atoms with Crippen LogP contribution in [0.15, 0.2) is 18.2 Å². The molecule has 0 atom stereocenters. The lowest BCUT2D eigenvalue weighted by molar-refractivity contribution is 0.612. The zero-order chi connectivity index (χ0) is 14.7. The summed E-state index contributed by atoms with van der Waals surface area (Å²) in [5.74, 6) is -0.178. The molecule has 1 aromatic carbocycles. The lowest BCUT2D eigenvalue weighted by atomic mass is 10.3. The number of aromatic nitrogens is 2. The molecule has 20 heavy (non-hydrogen) atoms. The van der Waals surface area contributed by atoms with Gasteiger partial charge in [-0.3, -0.25) is 0 Å². The second-order valence-electron chi connectivity index (χ2n) is 4.13. The Bertz CT molecular complexity index is 654. The molecule has 0 aliphatic carbocycles. The summed E-state index contributed by atoms with van der Waals surface area (Å²) in [5.41, 5.74) is 6.08. The van der Waals surface area contributed by atoms with Crippen LogP contribution < -0.4 is 11.1 Å². The number of hydrogen-bond acceptors (Lipinski definition) is 4. The van der Waals surface area contributed by atoms with Gasteiger partial charge in [0.25, 0.3) is 0 Å². The van der Waals surface area contributed by atoms with Crippen LogP contribution in [0.2, 0.25) is 5.02 Å². The van der Waals surface area contributed by atoms with Crippen molar-refractivity contribution in [2.45, 2.75) is 13.3 Å². The SMILES string of the molecule is CCCNc1nn(-c2c(F)cccc2Cl)c(N)c1C#N. The van der Waals surface area contributed by atoms with Crippen LogP contribution in [0, 0.1) is 17.1 Å². The van der Waals surface area contributed by atoms with Crippen LogP contribution in [0.4, 0.5) is 16.0 Å². The quantitative estimate of drug-likeness (QED) is 0.908. The van der Waals surface area contributed by atoms with E-state index in [0.29, 0.717) is 12.4 Å². The topological polar surface area (TPSA) is 79.7 Å². The predicted molar refractivity (Wildman–Crippen MR) is 76.4 cm³/mol. The summed E-state index contributed by atoms with van der Waals surface area (Å²) >= 11 is 5.99. The number of rotatable bonds is 4. The zero-order valence-corrected chi connectivity index (χ0v) is 11.6. The first kappa shape index (κ1) is 14.2. The van der Waals surface area contributed by atoms with Crippen LogP contribution in [0.5, 0.6) is 0 Å². The van der Waals surface area contributed by atoms with Crippen molar-refractivity contribution in [1.82, 2.24) is 9.78 Å². The van der Waals surface area contributed by atoms with E-state index in [-0.39, 0.29) is 22.1 Å². The Hall–Kier alpha value is -2.26. The normalized spacial score (nSPS) is 10.3. The molecule has 0 unspecified atom stereocenters. The molecule has 104 valence electrons. The van der Waals surface area contributed by atoms with E-state index in [1.165, 1.54) is 18.2 Å². The van der Waals surface area contributed by atoms with Gasteiger partial charge in [-0.25, -0.2) is 9.07 Å². The molecule has 0 saturated heterocycles. The molecule has 7 heteroatoms. The third kappa shape index (κ3) is 2.40. The number of halogens is 2. The number of nitriles is 1. The molecule has 0 aliphatic rings. The monoisotopic (exact) mass is 293 g/mol. The summed E-state index contributed by atoms with van der Waals surface area (Å²) in [4.78, 5) is 0. The number of anilines is 2. The van der Waals surface area contributed by atoms with E-state index in [4.69, 9.17) is 22.6 Å². The minimum atomic E-state index is -0.557. The Morgan fingerprint density at radius 1 is 1.55 bits per heavy atom. The lowest BCUT2D eigenvalue weighted by Crippen LogP contribution is -2.06. The fourth-order valence-corrected chi connectivity index (χ4v) is 2.01. The van der Waals surface area contributed by atoms with E-state index in [1.54, 1.807) is 0 Å². The van der Waals surface area contributed by atoms with Crippen molar-refractivity contribution in [3.8, 4) is 11.8 Å². The highest BCUT2D eigenvalue weighted by Crippen LogP contribution is 2.29. The van der Waals surface area contributed by atoms with Crippen molar-refractivity contribution < 1.29 is 4.39 Å². The van der Waals surface area contributed by atoms with E-state index in [9.17, 15) is 4.39 Å². The molecule has 5 nitrogen and oxygen atoms in total. The average Bonchev–Trinajstić information content (AvgIpc) is 2.73. The minimum absolute atomic E-state index is 0.0349. The Balaban J connectivity index is 2.59. The molecule has 0 radical (unpaired) electrons. The van der Waals surface area contributed by atoms with Crippen molar-refractivity contribution in [3.63, 3.8) is 0 Å². The predicted octanol–water partition coefficient (Wildman–Crippen LogP) is 2.94. The van der Waals surface area contributed by atoms with Gasteiger partial charge in [-0.1, -0.05) is 24.6 Å². The lowest BCUT2D eigenvalue weighted by Gasteiger charge is -2.07. The zero-order valence-electron chi connectivity index (χ0n) is 10.8. The van der Waals surface area contributed by atoms with Crippen LogP contribution in [0.3, 0.4) is 0 Å². The summed E-state index contributed by atoms with van der Waals surface area (Å²) in [6.07, 6.45) is 0.859. The van der Waals surface area contributed by atoms with E-state index in [2.05, 4.69) is 10.4 Å². The summed E-state index contributed by atoms with van der Waals surface area (Å²) in [6, 6.07) is 6.25. The molecule has 0 aliphatic heterocycles. The van der Waals surface area contributed by atoms with Crippen molar-refractivity contribution in [3.05, 3.63) is 34.6 Å². The first-order valence-electron chi connectivity index (χ1n) is 6.07. The summed E-state index contributed by atoms with van der Waals surface area (Å²) in [7, 11) is 0. The van der Waals surface area contributed by atoms with Crippen molar-refractivity contribution >= 4 is 23.2 Å². The summed E-state index contributed by atoms with van der Waals surface area (Å²) in [5, 5.41) is 16.4. The average molecular weight is 294 g/mol. The van der Waals surface area contributed by atoms with E-state index < -0.39 is 5.82 Å². The molecule has 0 spiro atoms. The van der Waals surface area contributed by atoms with Gasteiger partial charge < -0.3 is 11.1 Å². The Morgan fingerprint density at radius 2 is 2.30 bits per heavy atom. The highest BCUT2D eigenvalue weighted by atomic mass is 35.5. The van der Waals surface area contributed by atoms with Crippen molar-refractivity contribution in [1.29, 1.82) is 5.26 Å². The molecule has 0 fully saturated rings. The number of nitrogens with two attached hydrogens (primary N) is 1. The van der Waals surface area contributed by atoms with E-state index in [0.717, 1.165) is 11.1 Å². The molecule has 1 aromatic heterocycles. The maximum atomic E-state index is 13.9. The number of para-hydroxylation sites is 1. The number of nitrogens with one attached hydrogen (secondary N) is 1. The number of hydrogen-bond donors (Lipinski definition) is 2. The molecule has 0 saturated carbocycles. The van der Waals surface area contributed by atoms with Crippen LogP contribution in [-0.4, -0.2) is 16.3 Å². The van der Waals surface area contributed by atoms with Gasteiger partial charge in [0.05, 0.1) is 5.02 Å². The third-order valence-electron chi connectivity index (χ3n) is 2.72. The minimum Gasteiger partial charge on any atom is -0.382 e. The summed E-state index contributed by atoms with van der Waals surface area (Å²) < 4.78 is 15.1. The smallest absolute Gasteiger partial charge is 0.168 e. The third-order valence-corrected chi connectivity index (χ3v) is 3.03. The second kappa shape index (κ2) is 5.80. The highest BCUT2D eigenvalue weighted by Gasteiger charge is 2.20. The largest absolute Gasteiger partial charge is 0.382 e. The van der Waals surface area contributed by atoms with Gasteiger partial charge in [0, 0.05) is 6.54 Å². The number of nitrogen functional groups attached to an aromatic ring is 1. The van der Waals surface area contributed by atoms with Gasteiger partial charge in [0.15, 0.2) is 5.82 Å². The number of benzene rings is 1. The molecular formula is C13H13ClFN5. The first-order valence-corrected chi connectivity index (χ1v) is 6.44. The van der Waals surface area contributed by atoms with Gasteiger partial charge in [-0.2, -0.15) is 5.26 Å². The number of nitrogens with zero attached hydrogens (tertiary/aromatic N) is 3. The van der Waals surface area contributed by atoms with Crippen LogP contribution in [-0.2, 0) is 0 Å². The van der Waals surface area contributed by atoms with Crippen LogP contribution in [0.25, 0.3) is 5.69 Å². The van der Waals surface area contributed by atoms with Gasteiger partial charge in [-0.15, -0.1) is 5.10 Å². The summed E-state index contributed by atoms with van der Waals surface area (Å²) in [6.45, 7) is 2.61. The fourth-order valence-electron chi connectivity index (χ4n) is 1.77. The molecule has 0 bridgehead atoms. The Morgan fingerprint density at radius 3 is 2.90 bits per heavy atom. The second-order valence-corrected chi connectivity index (χ2v) is 4.54. The standard InChI is InChI=1S/C13H13ClFN5/c1-2-6-18-13-8(7-16)12(17)20(19-13)11-9(14)4-3-5-10(11)15/h3-5H,2,6,17H2,1H3,(H,18,19). The van der Waals surface area contributed by atoms with E-state index >= 15 is 0 Å². The molecule has 2 rings (SSSR count). The van der Waals surface area contributed by atoms with E-state index in [1.807, 2.05) is 13.0 Å². The van der Waals surface area contributed by atoms with Crippen LogP contribution >= 0.6 is 11.6 Å². The highest BCUT2D eigenvalue weighted by molar-refractivity contribution is 6.32. The van der Waals surface area contributed by atoms with Crippen molar-refractivity contribution in [2.24, 2.45) is 0 Å². The van der Waals surface area contributed by atoms with Gasteiger partial charge >= 0.3 is 0 Å². The maximum Gasteiger partial charge on any atom is 0.168 e. The molecule has 3 N–H and O–H groups in total. The maximum absolute atomic E-state index is 13.9. The Labute approximate surface area is 120 Å². The molecule has 1 heterocycles. The molecule has 0 amide bonds.